The molecule has 0 aliphatic carbocycles. The maximum absolute atomic E-state index is 14.1. The van der Waals surface area contributed by atoms with Crippen LogP contribution in [0.3, 0.4) is 0 Å². The van der Waals surface area contributed by atoms with Crippen LogP contribution in [-0.4, -0.2) is 77.5 Å². The largest absolute Gasteiger partial charge is 0.454 e. The number of aryl methyl sites for hydroxylation is 1. The number of ether oxygens (including phenoxy) is 3. The van der Waals surface area contributed by atoms with Crippen molar-refractivity contribution in [3.05, 3.63) is 89.5 Å². The number of nitrogens with two attached hydrogens (primary N) is 1. The zero-order valence-corrected chi connectivity index (χ0v) is 26.3. The van der Waals surface area contributed by atoms with Crippen molar-refractivity contribution in [2.24, 2.45) is 0 Å². The Labute approximate surface area is 274 Å². The zero-order chi connectivity index (χ0) is 33.4. The maximum atomic E-state index is 14.1. The van der Waals surface area contributed by atoms with Crippen LogP contribution in [0.25, 0.3) is 16.6 Å². The standard InChI is InChI=1S/C35H35F3N6O4/c1-21-16-24(6-7-30(21)47-31-5-3-2-4-26(31)36)44-34(39)25(20-40-44)33(45)28-17-22-18-32(48-35(37)38)29(19-27(22)41-28)43-10-8-23(9-11-43)42-12-14-46-15-13-42/h2-7,16-20,23,35,41H,8-15,39H2,1H3. The van der Waals surface area contributed by atoms with Crippen LogP contribution in [0.4, 0.5) is 24.7 Å². The Kier molecular flexibility index (Phi) is 8.71. The third kappa shape index (κ3) is 6.30. The van der Waals surface area contributed by atoms with Crippen molar-refractivity contribution < 1.29 is 32.2 Å². The molecule has 0 amide bonds. The lowest BCUT2D eigenvalue weighted by Gasteiger charge is -2.41. The highest BCUT2D eigenvalue weighted by atomic mass is 19.3. The van der Waals surface area contributed by atoms with Gasteiger partial charge >= 0.3 is 6.61 Å². The summed E-state index contributed by atoms with van der Waals surface area (Å²) in [7, 11) is 0. The number of hydrogen-bond acceptors (Lipinski definition) is 8. The first kappa shape index (κ1) is 31.6. The summed E-state index contributed by atoms with van der Waals surface area (Å²) in [5.41, 5.74) is 9.27. The van der Waals surface area contributed by atoms with E-state index in [0.717, 1.165) is 39.1 Å². The summed E-state index contributed by atoms with van der Waals surface area (Å²) in [5, 5.41) is 4.90. The number of halogens is 3. The second-order valence-corrected chi connectivity index (χ2v) is 12.0. The third-order valence-electron chi connectivity index (χ3n) is 9.04. The number of piperidine rings is 1. The molecular weight excluding hydrogens is 625 g/mol. The molecule has 250 valence electrons. The molecule has 2 aliphatic heterocycles. The predicted octanol–water partition coefficient (Wildman–Crippen LogP) is 6.31. The average Bonchev–Trinajstić information content (AvgIpc) is 3.69. The minimum atomic E-state index is -3.00. The highest BCUT2D eigenvalue weighted by molar-refractivity contribution is 6.12. The highest BCUT2D eigenvalue weighted by Crippen LogP contribution is 2.37. The summed E-state index contributed by atoms with van der Waals surface area (Å²) in [4.78, 5) is 21.3. The number of carbonyl (C=O) groups excluding carboxylic acids is 1. The van der Waals surface area contributed by atoms with E-state index in [1.165, 1.54) is 16.9 Å². The van der Waals surface area contributed by atoms with Crippen LogP contribution in [0.1, 0.15) is 34.5 Å². The Hall–Kier alpha value is -5.01. The van der Waals surface area contributed by atoms with Gasteiger partial charge in [0, 0.05) is 43.1 Å². The van der Waals surface area contributed by atoms with Crippen LogP contribution in [-0.2, 0) is 4.74 Å². The van der Waals surface area contributed by atoms with Crippen LogP contribution in [0.15, 0.2) is 66.9 Å². The molecule has 0 spiro atoms. The second-order valence-electron chi connectivity index (χ2n) is 12.0. The van der Waals surface area contributed by atoms with Crippen LogP contribution >= 0.6 is 0 Å². The van der Waals surface area contributed by atoms with E-state index in [9.17, 15) is 18.0 Å². The Morgan fingerprint density at radius 2 is 1.77 bits per heavy atom. The van der Waals surface area contributed by atoms with Crippen molar-refractivity contribution in [1.82, 2.24) is 19.7 Å². The topological polar surface area (TPSA) is 111 Å². The maximum Gasteiger partial charge on any atom is 0.387 e. The zero-order valence-electron chi connectivity index (χ0n) is 26.3. The number of anilines is 2. The number of nitrogens with one attached hydrogen (secondary N) is 1. The average molecular weight is 661 g/mol. The normalized spacial score (nSPS) is 16.1. The van der Waals surface area contributed by atoms with E-state index in [1.54, 1.807) is 54.6 Å². The number of aromatic amines is 1. The van der Waals surface area contributed by atoms with Gasteiger partial charge in [0.25, 0.3) is 0 Å². The van der Waals surface area contributed by atoms with E-state index in [-0.39, 0.29) is 28.6 Å². The first-order valence-corrected chi connectivity index (χ1v) is 15.8. The number of para-hydroxylation sites is 1. The number of carbonyl (C=O) groups is 1. The quantitative estimate of drug-likeness (QED) is 0.177. The van der Waals surface area contributed by atoms with Crippen molar-refractivity contribution in [2.45, 2.75) is 32.4 Å². The SMILES string of the molecule is Cc1cc(-n2ncc(C(=O)c3cc4cc(OC(F)F)c(N5CCC(N6CCOCC6)CC5)cc4[nH]3)c2N)ccc1Oc1ccccc1F. The summed E-state index contributed by atoms with van der Waals surface area (Å²) in [6.45, 7) is 3.43. The minimum absolute atomic E-state index is 0.0606. The number of ketones is 1. The van der Waals surface area contributed by atoms with E-state index in [0.29, 0.717) is 52.7 Å². The molecule has 2 saturated heterocycles. The molecule has 4 heterocycles. The van der Waals surface area contributed by atoms with Gasteiger partial charge in [0.05, 0.1) is 42.0 Å². The van der Waals surface area contributed by atoms with Gasteiger partial charge in [0.15, 0.2) is 11.6 Å². The van der Waals surface area contributed by atoms with Crippen LogP contribution in [0, 0.1) is 12.7 Å². The number of alkyl halides is 2. The lowest BCUT2D eigenvalue weighted by Crippen LogP contribution is -2.49. The molecule has 0 bridgehead atoms. The Bertz CT molecular complexity index is 1950. The summed E-state index contributed by atoms with van der Waals surface area (Å²) in [6.07, 6.45) is 3.17. The molecule has 48 heavy (non-hydrogen) atoms. The second kappa shape index (κ2) is 13.2. The number of nitrogen functional groups attached to an aromatic ring is 1. The number of rotatable bonds is 9. The van der Waals surface area contributed by atoms with Crippen LogP contribution in [0.5, 0.6) is 17.2 Å². The van der Waals surface area contributed by atoms with Gasteiger partial charge in [-0.15, -0.1) is 0 Å². The summed E-state index contributed by atoms with van der Waals surface area (Å²) < 4.78 is 58.8. The Balaban J connectivity index is 1.12. The van der Waals surface area contributed by atoms with Gasteiger partial charge < -0.3 is 29.8 Å². The fraction of sp³-hybridized carbons (Fsp3) is 0.314. The van der Waals surface area contributed by atoms with E-state index in [2.05, 4.69) is 19.9 Å². The lowest BCUT2D eigenvalue weighted by molar-refractivity contribution is -0.0494. The molecule has 13 heteroatoms. The number of hydrogen-bond donors (Lipinski definition) is 2. The van der Waals surface area contributed by atoms with Gasteiger partial charge in [-0.3, -0.25) is 9.69 Å². The first-order chi connectivity index (χ1) is 23.2. The van der Waals surface area contributed by atoms with Crippen LogP contribution in [0.2, 0.25) is 0 Å². The number of nitrogens with zero attached hydrogens (tertiary/aromatic N) is 4. The number of H-pyrrole nitrogens is 1. The number of benzene rings is 3. The van der Waals surface area contributed by atoms with Gasteiger partial charge in [-0.05, 0) is 73.9 Å². The smallest absolute Gasteiger partial charge is 0.387 e. The molecule has 5 aromatic rings. The molecular formula is C35H35F3N6O4. The fourth-order valence-electron chi connectivity index (χ4n) is 6.53. The van der Waals surface area contributed by atoms with Crippen molar-refractivity contribution >= 4 is 28.2 Å². The number of aromatic nitrogens is 3. The monoisotopic (exact) mass is 660 g/mol. The molecule has 0 unspecified atom stereocenters. The molecule has 2 aromatic heterocycles. The molecule has 3 N–H and O–H groups in total. The summed E-state index contributed by atoms with van der Waals surface area (Å²) in [6, 6.07) is 16.6. The van der Waals surface area contributed by atoms with Gasteiger partial charge in [-0.25, -0.2) is 9.07 Å². The van der Waals surface area contributed by atoms with E-state index >= 15 is 0 Å². The first-order valence-electron chi connectivity index (χ1n) is 15.8. The summed E-state index contributed by atoms with van der Waals surface area (Å²) >= 11 is 0. The fourth-order valence-corrected chi connectivity index (χ4v) is 6.53. The van der Waals surface area contributed by atoms with Crippen molar-refractivity contribution in [1.29, 1.82) is 0 Å². The van der Waals surface area contributed by atoms with Gasteiger partial charge in [0.2, 0.25) is 5.78 Å². The van der Waals surface area contributed by atoms with Crippen molar-refractivity contribution in [2.75, 3.05) is 50.0 Å². The number of morpholine rings is 1. The third-order valence-corrected chi connectivity index (χ3v) is 9.04. The van der Waals surface area contributed by atoms with E-state index < -0.39 is 18.2 Å². The molecule has 0 saturated carbocycles. The molecule has 2 fully saturated rings. The molecule has 10 nitrogen and oxygen atoms in total. The molecule has 0 radical (unpaired) electrons. The molecule has 2 aliphatic rings. The van der Waals surface area contributed by atoms with E-state index in [1.807, 2.05) is 6.92 Å². The van der Waals surface area contributed by atoms with Gasteiger partial charge in [0.1, 0.15) is 17.3 Å². The molecule has 7 rings (SSSR count). The van der Waals surface area contributed by atoms with Crippen molar-refractivity contribution in [3.63, 3.8) is 0 Å². The minimum Gasteiger partial charge on any atom is -0.454 e. The van der Waals surface area contributed by atoms with Gasteiger partial charge in [-0.1, -0.05) is 12.1 Å². The van der Waals surface area contributed by atoms with Gasteiger partial charge in [-0.2, -0.15) is 13.9 Å². The molecule has 0 atom stereocenters. The number of fused-ring (bicyclic) bond motifs is 1. The summed E-state index contributed by atoms with van der Waals surface area (Å²) in [5.74, 6) is -0.144. The highest BCUT2D eigenvalue weighted by Gasteiger charge is 2.28. The Morgan fingerprint density at radius 3 is 2.50 bits per heavy atom. The molecule has 3 aromatic carbocycles. The van der Waals surface area contributed by atoms with Crippen LogP contribution < -0.4 is 20.1 Å². The van der Waals surface area contributed by atoms with Crippen molar-refractivity contribution in [3.8, 4) is 22.9 Å². The van der Waals surface area contributed by atoms with E-state index in [4.69, 9.17) is 19.9 Å². The lowest BCUT2D eigenvalue weighted by atomic mass is 10.0. The predicted molar refractivity (Wildman–Crippen MR) is 175 cm³/mol. The Morgan fingerprint density at radius 1 is 1.00 bits per heavy atom.